The molecular weight excluding hydrogens is 468 g/mol. The minimum atomic E-state index is -1.15. The van der Waals surface area contributed by atoms with Crippen LogP contribution in [0.3, 0.4) is 0 Å². The molecular formula is C29H34N4O4. The first-order valence-electron chi connectivity index (χ1n) is 12.4. The van der Waals surface area contributed by atoms with Crippen molar-refractivity contribution in [1.82, 2.24) is 19.9 Å². The number of pyridine rings is 2. The molecule has 37 heavy (non-hydrogen) atoms. The van der Waals surface area contributed by atoms with Gasteiger partial charge in [0, 0.05) is 48.1 Å². The highest BCUT2D eigenvalue weighted by atomic mass is 16.5. The standard InChI is InChI=1S/C29H34N4O4/c1-8-30-26(34)23-13-20-22(15-33(7)28(35)24(20)32-23)21-12-19(29(6,36)16(2)3)14-31-27(21)37-25-17(4)10-9-11-18(25)5/h9-16,32,36H,8H2,1-7H3,(H,30,34). The third kappa shape index (κ3) is 4.76. The molecule has 1 unspecified atom stereocenters. The Bertz CT molecular complexity index is 1530. The Labute approximate surface area is 216 Å². The van der Waals surface area contributed by atoms with Gasteiger partial charge >= 0.3 is 0 Å². The highest BCUT2D eigenvalue weighted by molar-refractivity contribution is 6.03. The van der Waals surface area contributed by atoms with Gasteiger partial charge < -0.3 is 24.7 Å². The van der Waals surface area contributed by atoms with Crippen molar-refractivity contribution >= 4 is 16.8 Å². The second-order valence-corrected chi connectivity index (χ2v) is 9.99. The number of aliphatic hydroxyl groups is 1. The van der Waals surface area contributed by atoms with Gasteiger partial charge in [-0.1, -0.05) is 32.0 Å². The molecule has 8 nitrogen and oxygen atoms in total. The van der Waals surface area contributed by atoms with Crippen molar-refractivity contribution in [3.63, 3.8) is 0 Å². The molecule has 1 aromatic carbocycles. The number of H-pyrrole nitrogens is 1. The monoisotopic (exact) mass is 502 g/mol. The summed E-state index contributed by atoms with van der Waals surface area (Å²) in [7, 11) is 1.66. The molecule has 3 N–H and O–H groups in total. The van der Waals surface area contributed by atoms with Crippen LogP contribution in [0.15, 0.2) is 47.5 Å². The average Bonchev–Trinajstić information content (AvgIpc) is 3.30. The Morgan fingerprint density at radius 2 is 1.89 bits per heavy atom. The Balaban J connectivity index is 2.02. The van der Waals surface area contributed by atoms with E-state index in [1.165, 1.54) is 4.57 Å². The van der Waals surface area contributed by atoms with Crippen molar-refractivity contribution in [2.75, 3.05) is 6.54 Å². The predicted octanol–water partition coefficient (Wildman–Crippen LogP) is 4.95. The minimum Gasteiger partial charge on any atom is -0.438 e. The number of nitrogens with zero attached hydrogens (tertiary/aromatic N) is 2. The van der Waals surface area contributed by atoms with Gasteiger partial charge in [-0.3, -0.25) is 9.59 Å². The highest BCUT2D eigenvalue weighted by Crippen LogP contribution is 2.40. The molecule has 0 saturated carbocycles. The number of hydrogen-bond donors (Lipinski definition) is 3. The summed E-state index contributed by atoms with van der Waals surface area (Å²) in [5, 5.41) is 14.6. The van der Waals surface area contributed by atoms with E-state index >= 15 is 0 Å². The lowest BCUT2D eigenvalue weighted by atomic mass is 9.85. The number of hydrogen-bond acceptors (Lipinski definition) is 5. The fraction of sp³-hybridized carbons (Fsp3) is 0.345. The molecule has 1 atom stereocenters. The molecule has 3 aromatic heterocycles. The first-order valence-corrected chi connectivity index (χ1v) is 12.4. The number of para-hydroxylation sites is 1. The second-order valence-electron chi connectivity index (χ2n) is 9.99. The van der Waals surface area contributed by atoms with E-state index < -0.39 is 5.60 Å². The summed E-state index contributed by atoms with van der Waals surface area (Å²) in [4.78, 5) is 33.2. The summed E-state index contributed by atoms with van der Waals surface area (Å²) < 4.78 is 7.86. The molecule has 4 aromatic rings. The molecule has 1 amide bonds. The van der Waals surface area contributed by atoms with Crippen LogP contribution in [0.4, 0.5) is 0 Å². The zero-order chi connectivity index (χ0) is 27.1. The summed E-state index contributed by atoms with van der Waals surface area (Å²) in [6.07, 6.45) is 3.34. The van der Waals surface area contributed by atoms with Crippen molar-refractivity contribution in [3.05, 3.63) is 75.5 Å². The first-order chi connectivity index (χ1) is 17.4. The van der Waals surface area contributed by atoms with Crippen molar-refractivity contribution in [2.45, 2.75) is 47.1 Å². The van der Waals surface area contributed by atoms with Crippen LogP contribution in [0, 0.1) is 19.8 Å². The minimum absolute atomic E-state index is 0.0794. The van der Waals surface area contributed by atoms with Gasteiger partial charge in [0.1, 0.15) is 17.0 Å². The molecule has 0 aliphatic rings. The number of rotatable bonds is 7. The van der Waals surface area contributed by atoms with E-state index in [0.29, 0.717) is 45.8 Å². The average molecular weight is 503 g/mol. The molecule has 0 spiro atoms. The fourth-order valence-corrected chi connectivity index (χ4v) is 4.32. The molecule has 4 rings (SSSR count). The van der Waals surface area contributed by atoms with E-state index in [0.717, 1.165) is 11.1 Å². The van der Waals surface area contributed by atoms with Gasteiger partial charge in [-0.05, 0) is 56.9 Å². The largest absolute Gasteiger partial charge is 0.438 e. The number of aromatic nitrogens is 3. The normalized spacial score (nSPS) is 13.1. The van der Waals surface area contributed by atoms with E-state index in [4.69, 9.17) is 4.74 Å². The van der Waals surface area contributed by atoms with Crippen LogP contribution < -0.4 is 15.6 Å². The molecule has 194 valence electrons. The predicted molar refractivity (Wildman–Crippen MR) is 145 cm³/mol. The van der Waals surface area contributed by atoms with Crippen LogP contribution in [0.2, 0.25) is 0 Å². The Morgan fingerprint density at radius 1 is 1.22 bits per heavy atom. The lowest BCUT2D eigenvalue weighted by molar-refractivity contribution is 0.00873. The lowest BCUT2D eigenvalue weighted by Gasteiger charge is -2.28. The number of aryl methyl sites for hydroxylation is 3. The number of nitrogens with one attached hydrogen (secondary N) is 2. The number of amides is 1. The molecule has 8 heteroatoms. The Kier molecular flexibility index (Phi) is 6.97. The van der Waals surface area contributed by atoms with Gasteiger partial charge in [0.15, 0.2) is 0 Å². The van der Waals surface area contributed by atoms with E-state index in [9.17, 15) is 14.7 Å². The molecule has 0 aliphatic heterocycles. The van der Waals surface area contributed by atoms with Crippen LogP contribution in [-0.2, 0) is 12.6 Å². The number of ether oxygens (including phenoxy) is 1. The molecule has 0 aliphatic carbocycles. The van der Waals surface area contributed by atoms with Crippen LogP contribution in [0.1, 0.15) is 54.9 Å². The Hall–Kier alpha value is -3.91. The number of carbonyl (C=O) groups excluding carboxylic acids is 1. The SMILES string of the molecule is CCNC(=O)c1cc2c(-c3cc(C(C)(O)C(C)C)cnc3Oc3c(C)cccc3C)cn(C)c(=O)c2[nH]1. The molecule has 0 radical (unpaired) electrons. The number of fused-ring (bicyclic) bond motifs is 1. The van der Waals surface area contributed by atoms with Crippen LogP contribution in [0.25, 0.3) is 22.0 Å². The maximum absolute atomic E-state index is 13.0. The number of carbonyl (C=O) groups is 1. The quantitative estimate of drug-likeness (QED) is 0.331. The van der Waals surface area contributed by atoms with E-state index in [1.807, 2.05) is 58.9 Å². The molecule has 3 heterocycles. The first kappa shape index (κ1) is 26.2. The smallest absolute Gasteiger partial charge is 0.274 e. The summed E-state index contributed by atoms with van der Waals surface area (Å²) in [5.74, 6) is 0.650. The van der Waals surface area contributed by atoms with Gasteiger partial charge in [0.25, 0.3) is 11.5 Å². The Morgan fingerprint density at radius 3 is 2.51 bits per heavy atom. The van der Waals surface area contributed by atoms with Gasteiger partial charge in [0.05, 0.1) is 5.60 Å². The van der Waals surface area contributed by atoms with Crippen molar-refractivity contribution in [2.24, 2.45) is 13.0 Å². The summed E-state index contributed by atoms with van der Waals surface area (Å²) in [6, 6.07) is 9.43. The maximum atomic E-state index is 13.0. The van der Waals surface area contributed by atoms with E-state index in [2.05, 4.69) is 15.3 Å². The van der Waals surface area contributed by atoms with Gasteiger partial charge in [-0.15, -0.1) is 0 Å². The van der Waals surface area contributed by atoms with Crippen molar-refractivity contribution in [3.8, 4) is 22.8 Å². The molecule has 0 fully saturated rings. The van der Waals surface area contributed by atoms with Gasteiger partial charge in [-0.2, -0.15) is 0 Å². The van der Waals surface area contributed by atoms with Crippen LogP contribution in [0.5, 0.6) is 11.6 Å². The van der Waals surface area contributed by atoms with Gasteiger partial charge in [-0.25, -0.2) is 4.98 Å². The number of benzene rings is 1. The van der Waals surface area contributed by atoms with Crippen LogP contribution in [-0.4, -0.2) is 32.1 Å². The second kappa shape index (κ2) is 9.86. The third-order valence-corrected chi connectivity index (χ3v) is 7.00. The van der Waals surface area contributed by atoms with Crippen molar-refractivity contribution < 1.29 is 14.6 Å². The highest BCUT2D eigenvalue weighted by Gasteiger charge is 2.30. The summed E-state index contributed by atoms with van der Waals surface area (Å²) >= 11 is 0. The van der Waals surface area contributed by atoms with E-state index in [1.54, 1.807) is 32.4 Å². The topological polar surface area (TPSA) is 109 Å². The summed E-state index contributed by atoms with van der Waals surface area (Å²) in [6.45, 7) is 11.9. The van der Waals surface area contributed by atoms with Crippen LogP contribution >= 0.6 is 0 Å². The maximum Gasteiger partial charge on any atom is 0.274 e. The third-order valence-electron chi connectivity index (χ3n) is 7.00. The zero-order valence-electron chi connectivity index (χ0n) is 22.4. The van der Waals surface area contributed by atoms with Crippen molar-refractivity contribution in [1.29, 1.82) is 0 Å². The zero-order valence-corrected chi connectivity index (χ0v) is 22.4. The van der Waals surface area contributed by atoms with E-state index in [-0.39, 0.29) is 23.1 Å². The molecule has 0 saturated heterocycles. The molecule has 0 bridgehead atoms. The summed E-state index contributed by atoms with van der Waals surface area (Å²) in [5.41, 5.74) is 2.97. The fourth-order valence-electron chi connectivity index (χ4n) is 4.32. The van der Waals surface area contributed by atoms with Gasteiger partial charge in [0.2, 0.25) is 5.88 Å². The lowest BCUT2D eigenvalue weighted by Crippen LogP contribution is -2.28. The number of aromatic amines is 1.